The summed E-state index contributed by atoms with van der Waals surface area (Å²) < 4.78 is 18.8. The second-order valence-electron chi connectivity index (χ2n) is 5.69. The lowest BCUT2D eigenvalue weighted by Gasteiger charge is -2.14. The van der Waals surface area contributed by atoms with Gasteiger partial charge in [0.05, 0.1) is 27.1 Å². The lowest BCUT2D eigenvalue weighted by Crippen LogP contribution is -2.27. The van der Waals surface area contributed by atoms with Crippen LogP contribution in [0, 0.1) is 15.9 Å². The number of ether oxygens (including phenoxy) is 1. The minimum Gasteiger partial charge on any atom is -0.500 e. The van der Waals surface area contributed by atoms with Crippen molar-refractivity contribution in [1.29, 1.82) is 0 Å². The van der Waals surface area contributed by atoms with Gasteiger partial charge in [-0.2, -0.15) is 0 Å². The van der Waals surface area contributed by atoms with Crippen LogP contribution in [0.5, 0.6) is 11.5 Å². The van der Waals surface area contributed by atoms with Gasteiger partial charge in [-0.05, 0) is 42.8 Å². The molecule has 0 bridgehead atoms. The number of carbonyl (C=O) groups excluding carboxylic acids is 1. The van der Waals surface area contributed by atoms with Crippen molar-refractivity contribution in [1.82, 2.24) is 0 Å². The summed E-state index contributed by atoms with van der Waals surface area (Å²) >= 11 is 12.0. The summed E-state index contributed by atoms with van der Waals surface area (Å²) in [5, 5.41) is 21.0. The Morgan fingerprint density at radius 1 is 1.41 bits per heavy atom. The Balaban J connectivity index is 2.01. The van der Waals surface area contributed by atoms with E-state index in [1.165, 1.54) is 29.2 Å². The number of phenols is 1. The second-order valence-corrected chi connectivity index (χ2v) is 7.78. The molecule has 11 heteroatoms. The monoisotopic (exact) mass is 454 g/mol. The number of aromatic hydroxyl groups is 1. The van der Waals surface area contributed by atoms with Crippen LogP contribution >= 0.6 is 35.6 Å². The topological polar surface area (TPSA) is 92.9 Å². The van der Waals surface area contributed by atoms with Crippen LogP contribution in [-0.2, 0) is 4.79 Å². The lowest BCUT2D eigenvalue weighted by molar-refractivity contribution is -0.386. The van der Waals surface area contributed by atoms with Crippen LogP contribution in [0.15, 0.2) is 35.2 Å². The van der Waals surface area contributed by atoms with Crippen molar-refractivity contribution in [2.24, 2.45) is 0 Å². The molecule has 0 spiro atoms. The molecular formula is C18H12ClFN2O5S2. The molecule has 1 heterocycles. The molecule has 1 saturated heterocycles. The van der Waals surface area contributed by atoms with Crippen LogP contribution in [0.1, 0.15) is 12.5 Å². The first kappa shape index (κ1) is 21.0. The SMILES string of the molecule is CCOc1cc(/C=C2\SC(=S)N(c3ccc(F)c(Cl)c3)C2=O)cc([N+](=O)[O-])c1O. The van der Waals surface area contributed by atoms with Crippen LogP contribution in [0.4, 0.5) is 15.8 Å². The van der Waals surface area contributed by atoms with Crippen molar-refractivity contribution in [3.05, 3.63) is 61.8 Å². The van der Waals surface area contributed by atoms with Gasteiger partial charge >= 0.3 is 5.69 Å². The molecule has 1 fully saturated rings. The van der Waals surface area contributed by atoms with Gasteiger partial charge in [0, 0.05) is 6.07 Å². The van der Waals surface area contributed by atoms with Gasteiger partial charge in [-0.25, -0.2) is 4.39 Å². The minimum absolute atomic E-state index is 0.0752. The lowest BCUT2D eigenvalue weighted by atomic mass is 10.1. The van der Waals surface area contributed by atoms with Crippen LogP contribution in [0.25, 0.3) is 6.08 Å². The number of anilines is 1. The standard InChI is InChI=1S/C18H12ClFN2O5S2/c1-2-27-14-6-9(5-13(16(14)23)22(25)26)7-15-17(24)21(18(28)29-15)10-3-4-12(20)11(19)8-10/h3-8,23H,2H2,1H3/b15-7-. The first-order valence-corrected chi connectivity index (χ1v) is 9.70. The highest BCUT2D eigenvalue weighted by molar-refractivity contribution is 8.27. The van der Waals surface area contributed by atoms with E-state index < -0.39 is 28.1 Å². The summed E-state index contributed by atoms with van der Waals surface area (Å²) in [6, 6.07) is 6.28. The van der Waals surface area contributed by atoms with E-state index in [4.69, 9.17) is 28.6 Å². The molecule has 0 radical (unpaired) electrons. The normalized spacial score (nSPS) is 15.3. The average molecular weight is 455 g/mol. The molecule has 7 nitrogen and oxygen atoms in total. The largest absolute Gasteiger partial charge is 0.500 e. The van der Waals surface area contributed by atoms with Crippen LogP contribution in [0.2, 0.25) is 5.02 Å². The third-order valence-corrected chi connectivity index (χ3v) is 5.42. The number of carbonyl (C=O) groups is 1. The van der Waals surface area contributed by atoms with Crippen molar-refractivity contribution >= 4 is 63.3 Å². The van der Waals surface area contributed by atoms with Crippen molar-refractivity contribution < 1.29 is 24.0 Å². The van der Waals surface area contributed by atoms with E-state index in [9.17, 15) is 24.4 Å². The van der Waals surface area contributed by atoms with E-state index >= 15 is 0 Å². The summed E-state index contributed by atoms with van der Waals surface area (Å²) in [6.07, 6.45) is 1.40. The van der Waals surface area contributed by atoms with Crippen molar-refractivity contribution in [2.75, 3.05) is 11.5 Å². The Morgan fingerprint density at radius 3 is 2.76 bits per heavy atom. The maximum absolute atomic E-state index is 13.4. The summed E-state index contributed by atoms with van der Waals surface area (Å²) in [4.78, 5) is 24.7. The number of halogens is 2. The maximum atomic E-state index is 13.4. The van der Waals surface area contributed by atoms with Gasteiger partial charge in [0.25, 0.3) is 5.91 Å². The molecule has 1 amide bonds. The Hall–Kier alpha value is -2.69. The van der Waals surface area contributed by atoms with Gasteiger partial charge in [0.1, 0.15) is 5.82 Å². The molecular weight excluding hydrogens is 443 g/mol. The highest BCUT2D eigenvalue weighted by Gasteiger charge is 2.34. The zero-order valence-corrected chi connectivity index (χ0v) is 17.1. The maximum Gasteiger partial charge on any atom is 0.315 e. The van der Waals surface area contributed by atoms with E-state index in [1.807, 2.05) is 0 Å². The Morgan fingerprint density at radius 2 is 2.14 bits per heavy atom. The minimum atomic E-state index is -0.749. The quantitative estimate of drug-likeness (QED) is 0.297. The number of nitro groups is 1. The number of hydrogen-bond acceptors (Lipinski definition) is 7. The van der Waals surface area contributed by atoms with Crippen molar-refractivity contribution in [3.8, 4) is 11.5 Å². The van der Waals surface area contributed by atoms with Gasteiger partial charge in [-0.15, -0.1) is 0 Å². The summed E-state index contributed by atoms with van der Waals surface area (Å²) in [5.41, 5.74) is 0.0209. The molecule has 1 aliphatic rings. The third-order valence-electron chi connectivity index (χ3n) is 3.83. The number of rotatable bonds is 5. The predicted molar refractivity (Wildman–Crippen MR) is 113 cm³/mol. The molecule has 0 unspecified atom stereocenters. The van der Waals surface area contributed by atoms with E-state index in [1.54, 1.807) is 6.92 Å². The summed E-state index contributed by atoms with van der Waals surface area (Å²) in [5.74, 6) is -1.79. The number of phenolic OH excluding ortho intramolecular Hbond substituents is 1. The van der Waals surface area contributed by atoms with Gasteiger partial charge in [-0.1, -0.05) is 35.6 Å². The number of nitro benzene ring substituents is 1. The first-order valence-electron chi connectivity index (χ1n) is 8.10. The Bertz CT molecular complexity index is 1080. The number of benzene rings is 2. The second kappa shape index (κ2) is 8.36. The van der Waals surface area contributed by atoms with Crippen molar-refractivity contribution in [2.45, 2.75) is 6.92 Å². The van der Waals surface area contributed by atoms with Crippen LogP contribution < -0.4 is 9.64 Å². The van der Waals surface area contributed by atoms with Gasteiger partial charge in [-0.3, -0.25) is 19.8 Å². The van der Waals surface area contributed by atoms with E-state index in [0.717, 1.165) is 23.9 Å². The summed E-state index contributed by atoms with van der Waals surface area (Å²) in [7, 11) is 0. The highest BCUT2D eigenvalue weighted by Crippen LogP contribution is 2.40. The molecule has 2 aromatic rings. The molecule has 0 aliphatic carbocycles. The van der Waals surface area contributed by atoms with E-state index in [-0.39, 0.29) is 32.2 Å². The molecule has 0 aromatic heterocycles. The fourth-order valence-corrected chi connectivity index (χ4v) is 4.04. The average Bonchev–Trinajstić information content (AvgIpc) is 2.93. The molecule has 0 atom stereocenters. The number of thiocarbonyl (C=S) groups is 1. The number of thioether (sulfide) groups is 1. The molecule has 0 saturated carbocycles. The fourth-order valence-electron chi connectivity index (χ4n) is 2.57. The number of nitrogens with zero attached hydrogens (tertiary/aromatic N) is 2. The Labute approximate surface area is 178 Å². The molecule has 2 aromatic carbocycles. The smallest absolute Gasteiger partial charge is 0.315 e. The van der Waals surface area contributed by atoms with Gasteiger partial charge < -0.3 is 9.84 Å². The zero-order chi connectivity index (χ0) is 21.3. The van der Waals surface area contributed by atoms with Crippen LogP contribution in [0.3, 0.4) is 0 Å². The molecule has 29 heavy (non-hydrogen) atoms. The van der Waals surface area contributed by atoms with Gasteiger partial charge in [0.15, 0.2) is 10.1 Å². The van der Waals surface area contributed by atoms with Crippen LogP contribution in [-0.4, -0.2) is 26.9 Å². The zero-order valence-electron chi connectivity index (χ0n) is 14.7. The Kier molecular flexibility index (Phi) is 6.06. The predicted octanol–water partition coefficient (Wildman–Crippen LogP) is 4.90. The van der Waals surface area contributed by atoms with E-state index in [0.29, 0.717) is 5.69 Å². The first-order chi connectivity index (χ1) is 13.7. The van der Waals surface area contributed by atoms with Crippen molar-refractivity contribution in [3.63, 3.8) is 0 Å². The molecule has 150 valence electrons. The number of hydrogen-bond donors (Lipinski definition) is 1. The number of amides is 1. The third kappa shape index (κ3) is 4.19. The fraction of sp³-hybridized carbons (Fsp3) is 0.111. The van der Waals surface area contributed by atoms with Gasteiger partial charge in [0.2, 0.25) is 5.75 Å². The van der Waals surface area contributed by atoms with E-state index in [2.05, 4.69) is 0 Å². The molecule has 3 rings (SSSR count). The molecule has 1 N–H and O–H groups in total. The molecule has 1 aliphatic heterocycles. The summed E-state index contributed by atoms with van der Waals surface area (Å²) in [6.45, 7) is 1.85. The highest BCUT2D eigenvalue weighted by atomic mass is 35.5.